The predicted octanol–water partition coefficient (Wildman–Crippen LogP) is -8.12. The average molecular weight is 140 g/mol. The van der Waals surface area contributed by atoms with E-state index in [1.54, 1.807) is 0 Å². The van der Waals surface area contributed by atoms with Crippen LogP contribution in [0.3, 0.4) is 0 Å². The van der Waals surface area contributed by atoms with Crippen LogP contribution in [0.4, 0.5) is 4.79 Å². The Kier molecular flexibility index (Phi) is 106. The molecule has 6 N–H and O–H groups in total. The molecule has 40 valence electrons. The Morgan fingerprint density at radius 1 is 1.00 bits per heavy atom. The van der Waals surface area contributed by atoms with Crippen LogP contribution in [-0.4, -0.2) is 6.16 Å². The molecule has 0 radical (unpaired) electrons. The summed E-state index contributed by atoms with van der Waals surface area (Å²) >= 11 is 0. The summed E-state index contributed by atoms with van der Waals surface area (Å²) in [7, 11) is 0. The van der Waals surface area contributed by atoms with Crippen LogP contribution in [0.25, 0.3) is 0 Å². The van der Waals surface area contributed by atoms with Crippen LogP contribution in [0.2, 0.25) is 0 Å². The van der Waals surface area contributed by atoms with Crippen molar-refractivity contribution in [3.63, 3.8) is 0 Å². The van der Waals surface area contributed by atoms with Crippen LogP contribution in [0, 0.1) is 0 Å². The number of hydrogen-bond acceptors (Lipinski definition) is 5. The largest absolute Gasteiger partial charge is 1.00 e. The first kappa shape index (κ1) is 35.1. The van der Waals surface area contributed by atoms with Gasteiger partial charge >= 0.3 is 59.1 Å². The third-order valence-corrected chi connectivity index (χ3v) is 0. The number of rotatable bonds is 0. The summed E-state index contributed by atoms with van der Waals surface area (Å²) in [5, 5.41) is 16.7. The molecule has 0 aliphatic carbocycles. The molecule has 0 aromatic heterocycles. The van der Waals surface area contributed by atoms with Crippen LogP contribution in [0.1, 0.15) is 0 Å². The molecule has 0 saturated heterocycles. The van der Waals surface area contributed by atoms with Crippen molar-refractivity contribution in [2.45, 2.75) is 0 Å². The van der Waals surface area contributed by atoms with Crippen molar-refractivity contribution in [2.24, 2.45) is 0 Å². The predicted molar refractivity (Wildman–Crippen MR) is 15.4 cm³/mol. The van der Waals surface area contributed by atoms with E-state index in [1.807, 2.05) is 0 Å². The van der Waals surface area contributed by atoms with Gasteiger partial charge < -0.3 is 27.3 Å². The van der Waals surface area contributed by atoms with Gasteiger partial charge in [0.1, 0.15) is 0 Å². The van der Waals surface area contributed by atoms with Crippen molar-refractivity contribution >= 4 is 6.16 Å². The standard InChI is InChI=1S/CH2O3.2H3N.2Na/c2-1(3)4;;;;/h(H2,2,3,4);2*1H3;;/q;;;2*+1/p-2. The molecule has 8 heavy (non-hydrogen) atoms. The normalized spacial score (nSPS) is 3.00. The second-order valence-electron chi connectivity index (χ2n) is 0.250. The molecule has 0 unspecified atom stereocenters. The number of carbonyl (C=O) groups excluding carboxylic acids is 1. The van der Waals surface area contributed by atoms with Gasteiger partial charge in [-0.25, -0.2) is 0 Å². The van der Waals surface area contributed by atoms with Gasteiger partial charge in [-0.15, -0.1) is 0 Å². The Balaban J connectivity index is -0.00000000750. The van der Waals surface area contributed by atoms with Gasteiger partial charge in [0.15, 0.2) is 0 Å². The van der Waals surface area contributed by atoms with E-state index in [9.17, 15) is 0 Å². The summed E-state index contributed by atoms with van der Waals surface area (Å²) in [4.78, 5) is 8.33. The van der Waals surface area contributed by atoms with Crippen molar-refractivity contribution in [3.05, 3.63) is 0 Å². The molecule has 0 aromatic carbocycles. The second-order valence-corrected chi connectivity index (χ2v) is 0.250. The first-order chi connectivity index (χ1) is 1.73. The van der Waals surface area contributed by atoms with Crippen molar-refractivity contribution in [1.29, 1.82) is 0 Å². The molecule has 0 fully saturated rings. The molecule has 7 heteroatoms. The summed E-state index contributed by atoms with van der Waals surface area (Å²) in [6, 6.07) is 0. The minimum atomic E-state index is -2.33. The summed E-state index contributed by atoms with van der Waals surface area (Å²) in [6.45, 7) is 0. The van der Waals surface area contributed by atoms with Gasteiger partial charge in [-0.3, -0.25) is 0 Å². The van der Waals surface area contributed by atoms with E-state index in [4.69, 9.17) is 15.0 Å². The summed E-state index contributed by atoms with van der Waals surface area (Å²) in [6.07, 6.45) is -2.33. The Bertz CT molecular complexity index is 38.3. The molecule has 5 nitrogen and oxygen atoms in total. The second kappa shape index (κ2) is 24.1. The van der Waals surface area contributed by atoms with Crippen LogP contribution >= 0.6 is 0 Å². The van der Waals surface area contributed by atoms with E-state index in [0.29, 0.717) is 0 Å². The van der Waals surface area contributed by atoms with Gasteiger partial charge in [-0.1, -0.05) is 0 Å². The van der Waals surface area contributed by atoms with Crippen molar-refractivity contribution < 1.29 is 74.1 Å². The van der Waals surface area contributed by atoms with Gasteiger partial charge in [-0.2, -0.15) is 0 Å². The summed E-state index contributed by atoms with van der Waals surface area (Å²) < 4.78 is 0. The number of carbonyl (C=O) groups is 1. The summed E-state index contributed by atoms with van der Waals surface area (Å²) in [5.41, 5.74) is 0. The molecular formula is CH6N2Na2O3. The Morgan fingerprint density at radius 3 is 1.00 bits per heavy atom. The molecule has 0 rings (SSSR count). The Morgan fingerprint density at radius 2 is 1.00 bits per heavy atom. The van der Waals surface area contributed by atoms with Crippen molar-refractivity contribution in [2.75, 3.05) is 0 Å². The van der Waals surface area contributed by atoms with Gasteiger partial charge in [0.25, 0.3) is 0 Å². The molecule has 0 amide bonds. The zero-order chi connectivity index (χ0) is 3.58. The van der Waals surface area contributed by atoms with E-state index in [-0.39, 0.29) is 71.4 Å². The molecule has 0 spiro atoms. The van der Waals surface area contributed by atoms with Crippen molar-refractivity contribution in [1.82, 2.24) is 12.3 Å². The fraction of sp³-hybridized carbons (Fsp3) is 0. The minimum absolute atomic E-state index is 0. The third-order valence-electron chi connectivity index (χ3n) is 0. The van der Waals surface area contributed by atoms with E-state index in [2.05, 4.69) is 0 Å². The van der Waals surface area contributed by atoms with E-state index in [1.165, 1.54) is 0 Å². The topological polar surface area (TPSA) is 133 Å². The molecule has 0 heterocycles. The van der Waals surface area contributed by atoms with Crippen molar-refractivity contribution in [3.8, 4) is 0 Å². The molecule has 0 aromatic rings. The Hall–Kier alpha value is 1.19. The minimum Gasteiger partial charge on any atom is -0.652 e. The monoisotopic (exact) mass is 140 g/mol. The molecule has 0 bridgehead atoms. The quantitative estimate of drug-likeness (QED) is 0.322. The molecule has 0 aliphatic rings. The van der Waals surface area contributed by atoms with E-state index >= 15 is 0 Å². The van der Waals surface area contributed by atoms with Crippen LogP contribution < -0.4 is 81.6 Å². The molecule has 0 saturated carbocycles. The number of hydrogen-bond donors (Lipinski definition) is 2. The van der Waals surface area contributed by atoms with Crippen LogP contribution in [0.15, 0.2) is 0 Å². The Labute approximate surface area is 91.6 Å². The zero-order valence-corrected chi connectivity index (χ0v) is 9.14. The fourth-order valence-corrected chi connectivity index (χ4v) is 0. The smallest absolute Gasteiger partial charge is 0.652 e. The van der Waals surface area contributed by atoms with Gasteiger partial charge in [-0.05, 0) is 6.16 Å². The van der Waals surface area contributed by atoms with E-state index in [0.717, 1.165) is 0 Å². The van der Waals surface area contributed by atoms with E-state index < -0.39 is 6.16 Å². The van der Waals surface area contributed by atoms with Crippen LogP contribution in [-0.2, 0) is 0 Å². The maximum Gasteiger partial charge on any atom is 1.00 e. The molecule has 0 atom stereocenters. The first-order valence-corrected chi connectivity index (χ1v) is 0.612. The SMILES string of the molecule is N.N.O=C([O-])[O-].[Na+].[Na+]. The van der Waals surface area contributed by atoms with Gasteiger partial charge in [0.05, 0.1) is 0 Å². The maximum absolute atomic E-state index is 8.33. The first-order valence-electron chi connectivity index (χ1n) is 0.612. The molecular weight excluding hydrogens is 134 g/mol. The summed E-state index contributed by atoms with van der Waals surface area (Å²) in [5.74, 6) is 0. The zero-order valence-electron chi connectivity index (χ0n) is 5.14. The molecule has 0 aliphatic heterocycles. The van der Waals surface area contributed by atoms with Gasteiger partial charge in [0.2, 0.25) is 0 Å². The third kappa shape index (κ3) is 195. The fourth-order valence-electron chi connectivity index (χ4n) is 0. The van der Waals surface area contributed by atoms with Crippen LogP contribution in [0.5, 0.6) is 0 Å². The van der Waals surface area contributed by atoms with Gasteiger partial charge in [0, 0.05) is 0 Å². The number of carboxylic acid groups (broad SMARTS) is 2. The maximum atomic E-state index is 8.33. The average Bonchev–Trinajstić information content (AvgIpc) is 0.811.